The maximum Gasteiger partial charge on any atom is 0.253 e. The van der Waals surface area contributed by atoms with Gasteiger partial charge in [0.25, 0.3) is 5.56 Å². The molecule has 1 saturated heterocycles. The van der Waals surface area contributed by atoms with E-state index in [-0.39, 0.29) is 11.7 Å². The number of para-hydroxylation sites is 1. The molecule has 200 valence electrons. The summed E-state index contributed by atoms with van der Waals surface area (Å²) in [5.41, 5.74) is 3.07. The number of tetrazole rings is 1. The van der Waals surface area contributed by atoms with E-state index in [9.17, 15) is 4.79 Å². The van der Waals surface area contributed by atoms with Gasteiger partial charge in [-0.25, -0.2) is 4.68 Å². The van der Waals surface area contributed by atoms with Gasteiger partial charge >= 0.3 is 0 Å². The first-order chi connectivity index (χ1) is 19.1. The summed E-state index contributed by atoms with van der Waals surface area (Å²) < 4.78 is 13.4. The van der Waals surface area contributed by atoms with Crippen molar-refractivity contribution in [2.24, 2.45) is 0 Å². The second-order valence-electron chi connectivity index (χ2n) is 9.93. The maximum absolute atomic E-state index is 13.8. The normalized spacial score (nSPS) is 16.3. The van der Waals surface area contributed by atoms with E-state index < -0.39 is 6.04 Å². The van der Waals surface area contributed by atoms with Crippen molar-refractivity contribution in [3.05, 3.63) is 111 Å². The summed E-state index contributed by atoms with van der Waals surface area (Å²) in [4.78, 5) is 19.0. The number of nitrogens with one attached hydrogen (secondary N) is 1. The van der Waals surface area contributed by atoms with Crippen LogP contribution in [0.2, 0.25) is 5.02 Å². The van der Waals surface area contributed by atoms with E-state index in [1.165, 1.54) is 0 Å². The third-order valence-corrected chi connectivity index (χ3v) is 7.62. The van der Waals surface area contributed by atoms with Gasteiger partial charge < -0.3 is 14.1 Å². The zero-order valence-corrected chi connectivity index (χ0v) is 22.3. The van der Waals surface area contributed by atoms with Gasteiger partial charge in [-0.2, -0.15) is 0 Å². The molecule has 39 heavy (non-hydrogen) atoms. The number of aromatic amines is 1. The maximum atomic E-state index is 13.8. The Hall–Kier alpha value is -3.79. The molecule has 6 rings (SSSR count). The van der Waals surface area contributed by atoms with Crippen molar-refractivity contribution in [3.8, 4) is 0 Å². The molecule has 10 heteroatoms. The van der Waals surface area contributed by atoms with E-state index in [0.717, 1.165) is 47.2 Å². The number of benzene rings is 2. The quantitative estimate of drug-likeness (QED) is 0.277. The molecule has 9 nitrogen and oxygen atoms in total. The van der Waals surface area contributed by atoms with Crippen LogP contribution in [0.3, 0.4) is 0 Å². The van der Waals surface area contributed by atoms with Gasteiger partial charge in [-0.05, 0) is 71.0 Å². The third-order valence-electron chi connectivity index (χ3n) is 7.25. The number of nitrogens with zero attached hydrogens (tertiary/aromatic N) is 5. The summed E-state index contributed by atoms with van der Waals surface area (Å²) in [6.45, 7) is 4.05. The van der Waals surface area contributed by atoms with E-state index in [1.54, 1.807) is 10.9 Å². The number of aryl methyl sites for hydroxylation is 1. The predicted molar refractivity (Wildman–Crippen MR) is 147 cm³/mol. The minimum atomic E-state index is -0.601. The number of fused-ring (bicyclic) bond motifs is 1. The third kappa shape index (κ3) is 5.38. The average molecular weight is 545 g/mol. The van der Waals surface area contributed by atoms with E-state index in [0.29, 0.717) is 36.0 Å². The summed E-state index contributed by atoms with van der Waals surface area (Å²) >= 11 is 6.62. The van der Waals surface area contributed by atoms with Crippen LogP contribution in [-0.2, 0) is 24.4 Å². The number of rotatable bonds is 9. The molecule has 0 amide bonds. The minimum Gasteiger partial charge on any atom is -0.468 e. The lowest BCUT2D eigenvalue weighted by molar-refractivity contribution is 0.0901. The van der Waals surface area contributed by atoms with Crippen molar-refractivity contribution in [1.29, 1.82) is 0 Å². The Morgan fingerprint density at radius 1 is 1.15 bits per heavy atom. The minimum absolute atomic E-state index is 0.0209. The van der Waals surface area contributed by atoms with Gasteiger partial charge in [0.1, 0.15) is 11.8 Å². The number of furan rings is 1. The number of halogens is 1. The van der Waals surface area contributed by atoms with Crippen molar-refractivity contribution in [2.75, 3.05) is 6.61 Å². The van der Waals surface area contributed by atoms with Gasteiger partial charge in [0.2, 0.25) is 0 Å². The summed E-state index contributed by atoms with van der Waals surface area (Å²) in [5.74, 6) is 1.31. The molecular weight excluding hydrogens is 516 g/mol. The Morgan fingerprint density at radius 2 is 2.05 bits per heavy atom. The van der Waals surface area contributed by atoms with Crippen LogP contribution in [0.15, 0.2) is 76.1 Å². The molecule has 0 unspecified atom stereocenters. The van der Waals surface area contributed by atoms with E-state index in [1.807, 2.05) is 67.6 Å². The van der Waals surface area contributed by atoms with Crippen LogP contribution in [0.4, 0.5) is 0 Å². The highest BCUT2D eigenvalue weighted by Gasteiger charge is 2.33. The molecule has 2 atom stereocenters. The number of aromatic nitrogens is 5. The van der Waals surface area contributed by atoms with Crippen LogP contribution in [0, 0.1) is 6.92 Å². The van der Waals surface area contributed by atoms with Crippen molar-refractivity contribution < 1.29 is 9.15 Å². The SMILES string of the molecule is Cc1cccc2cc([C@H](c3nnnn3C[C@@H]3CCCO3)N(Cc3ccco3)Cc3ccccc3Cl)c(=O)[nH]c12. The van der Waals surface area contributed by atoms with Crippen molar-refractivity contribution >= 4 is 22.5 Å². The molecule has 0 saturated carbocycles. The zero-order chi connectivity index (χ0) is 26.8. The van der Waals surface area contributed by atoms with Crippen LogP contribution >= 0.6 is 11.6 Å². The van der Waals surface area contributed by atoms with Crippen molar-refractivity contribution in [3.63, 3.8) is 0 Å². The summed E-state index contributed by atoms with van der Waals surface area (Å²) in [7, 11) is 0. The fourth-order valence-electron chi connectivity index (χ4n) is 5.31. The molecule has 4 heterocycles. The number of ether oxygens (including phenoxy) is 1. The van der Waals surface area contributed by atoms with Crippen molar-refractivity contribution in [2.45, 2.75) is 51.5 Å². The highest BCUT2D eigenvalue weighted by atomic mass is 35.5. The van der Waals surface area contributed by atoms with Gasteiger partial charge in [-0.1, -0.05) is 48.0 Å². The molecule has 0 bridgehead atoms. The topological polar surface area (TPSA) is 102 Å². The number of pyridine rings is 1. The zero-order valence-electron chi connectivity index (χ0n) is 21.6. The fourth-order valence-corrected chi connectivity index (χ4v) is 5.50. The largest absolute Gasteiger partial charge is 0.468 e. The molecular formula is C29H29ClN6O3. The lowest BCUT2D eigenvalue weighted by Gasteiger charge is -2.31. The number of hydrogen-bond donors (Lipinski definition) is 1. The fraction of sp³-hybridized carbons (Fsp3) is 0.310. The van der Waals surface area contributed by atoms with Crippen LogP contribution < -0.4 is 5.56 Å². The molecule has 2 aromatic carbocycles. The molecule has 1 aliphatic rings. The van der Waals surface area contributed by atoms with Gasteiger partial charge in [-0.15, -0.1) is 5.10 Å². The van der Waals surface area contributed by atoms with Gasteiger partial charge in [0.05, 0.1) is 31.0 Å². The summed E-state index contributed by atoms with van der Waals surface area (Å²) in [6, 6.07) is 18.8. The summed E-state index contributed by atoms with van der Waals surface area (Å²) in [5, 5.41) is 14.4. The molecule has 0 radical (unpaired) electrons. The smallest absolute Gasteiger partial charge is 0.253 e. The highest BCUT2D eigenvalue weighted by Crippen LogP contribution is 2.32. The molecule has 3 aromatic heterocycles. The highest BCUT2D eigenvalue weighted by molar-refractivity contribution is 6.31. The molecule has 0 spiro atoms. The Kier molecular flexibility index (Phi) is 7.28. The van der Waals surface area contributed by atoms with Gasteiger partial charge in [0.15, 0.2) is 5.82 Å². The van der Waals surface area contributed by atoms with E-state index >= 15 is 0 Å². The van der Waals surface area contributed by atoms with Gasteiger partial charge in [-0.3, -0.25) is 9.69 Å². The van der Waals surface area contributed by atoms with Crippen LogP contribution in [-0.4, -0.2) is 42.8 Å². The first kappa shape index (κ1) is 25.5. The second-order valence-corrected chi connectivity index (χ2v) is 10.3. The summed E-state index contributed by atoms with van der Waals surface area (Å²) in [6.07, 6.45) is 3.61. The van der Waals surface area contributed by atoms with E-state index in [2.05, 4.69) is 25.4 Å². The monoisotopic (exact) mass is 544 g/mol. The number of H-pyrrole nitrogens is 1. The van der Waals surface area contributed by atoms with E-state index in [4.69, 9.17) is 20.8 Å². The van der Waals surface area contributed by atoms with Crippen molar-refractivity contribution in [1.82, 2.24) is 30.1 Å². The molecule has 0 aliphatic carbocycles. The van der Waals surface area contributed by atoms with Crippen LogP contribution in [0.1, 0.15) is 47.2 Å². The predicted octanol–water partition coefficient (Wildman–Crippen LogP) is 5.04. The van der Waals surface area contributed by atoms with Crippen LogP contribution in [0.5, 0.6) is 0 Å². The second kappa shape index (κ2) is 11.1. The average Bonchev–Trinajstić information content (AvgIpc) is 3.72. The molecule has 5 aromatic rings. The molecule has 1 aliphatic heterocycles. The molecule has 1 N–H and O–H groups in total. The van der Waals surface area contributed by atoms with Crippen LogP contribution in [0.25, 0.3) is 10.9 Å². The van der Waals surface area contributed by atoms with Gasteiger partial charge in [0, 0.05) is 23.7 Å². The lowest BCUT2D eigenvalue weighted by atomic mass is 10.0. The standard InChI is InChI=1S/C29H29ClN6O3/c1-19-7-4-9-20-15-24(29(37)31-26(19)20)27(28-32-33-34-36(28)18-23-11-6-14-39-23)35(17-22-10-5-13-38-22)16-21-8-2-3-12-25(21)30/h2-5,7-10,12-13,15,23,27H,6,11,14,16-18H2,1H3,(H,31,37)/t23-,27+/m0/s1. The number of hydrogen-bond acceptors (Lipinski definition) is 7. The Morgan fingerprint density at radius 3 is 2.85 bits per heavy atom. The first-order valence-corrected chi connectivity index (χ1v) is 13.4. The Bertz CT molecular complexity index is 1620. The Labute approximate surface area is 230 Å². The first-order valence-electron chi connectivity index (χ1n) is 13.1. The lowest BCUT2D eigenvalue weighted by Crippen LogP contribution is -2.35. The Balaban J connectivity index is 1.52. The molecule has 1 fully saturated rings.